The molecule has 4 rings (SSSR count). The average Bonchev–Trinajstić information content (AvgIpc) is 2.94. The Morgan fingerprint density at radius 1 is 0.744 bits per heavy atom. The van der Waals surface area contributed by atoms with Crippen LogP contribution in [0.2, 0.25) is 0 Å². The lowest BCUT2D eigenvalue weighted by molar-refractivity contribution is -0.134. The normalized spacial score (nSPS) is 20.4. The predicted molar refractivity (Wildman–Crippen MR) is 170 cm³/mol. The van der Waals surface area contributed by atoms with Crippen LogP contribution in [-0.2, 0) is 0 Å². The van der Waals surface area contributed by atoms with Gasteiger partial charge in [0.15, 0.2) is 0 Å². The van der Waals surface area contributed by atoms with Gasteiger partial charge in [-0.05, 0) is 30.7 Å². The Labute approximate surface area is 239 Å². The van der Waals surface area contributed by atoms with Crippen molar-refractivity contribution in [3.8, 4) is 5.75 Å². The van der Waals surface area contributed by atoms with Gasteiger partial charge in [0.1, 0.15) is 11.4 Å². The van der Waals surface area contributed by atoms with E-state index >= 15 is 0 Å². The van der Waals surface area contributed by atoms with Crippen molar-refractivity contribution in [2.75, 3.05) is 13.1 Å². The first-order chi connectivity index (χ1) is 19.1. The maximum absolute atomic E-state index is 6.95. The Balaban J connectivity index is 1.15. The van der Waals surface area contributed by atoms with Gasteiger partial charge in [0, 0.05) is 23.9 Å². The van der Waals surface area contributed by atoms with Crippen LogP contribution in [0.1, 0.15) is 136 Å². The summed E-state index contributed by atoms with van der Waals surface area (Å²) >= 11 is 0. The van der Waals surface area contributed by atoms with E-state index in [-0.39, 0.29) is 5.41 Å². The quantitative estimate of drug-likeness (QED) is 0.189. The molecule has 0 radical (unpaired) electrons. The first kappa shape index (κ1) is 30.1. The van der Waals surface area contributed by atoms with E-state index in [9.17, 15) is 0 Å². The molecule has 0 bridgehead atoms. The van der Waals surface area contributed by atoms with E-state index in [1.807, 2.05) is 0 Å². The van der Waals surface area contributed by atoms with Crippen LogP contribution in [-0.4, -0.2) is 29.9 Å². The third-order valence-electron chi connectivity index (χ3n) is 9.45. The van der Waals surface area contributed by atoms with Crippen molar-refractivity contribution in [1.82, 2.24) is 4.90 Å². The minimum atomic E-state index is -0.448. The highest BCUT2D eigenvalue weighted by Crippen LogP contribution is 2.49. The van der Waals surface area contributed by atoms with E-state index in [1.54, 1.807) is 0 Å². The molecule has 1 spiro atoms. The maximum atomic E-state index is 6.95. The highest BCUT2D eigenvalue weighted by Gasteiger charge is 2.54. The number of aliphatic imine (C=N–C) groups is 1. The Hall–Kier alpha value is -1.87. The maximum Gasteiger partial charge on any atom is 0.204 e. The molecular formula is C36H56N2O. The average molecular weight is 533 g/mol. The molecule has 0 N–H and O–H groups in total. The van der Waals surface area contributed by atoms with Gasteiger partial charge in [-0.15, -0.1) is 0 Å². The molecule has 3 nitrogen and oxygen atoms in total. The van der Waals surface area contributed by atoms with Gasteiger partial charge in [0.05, 0.1) is 6.21 Å². The lowest BCUT2D eigenvalue weighted by atomic mass is 9.73. The zero-order valence-electron chi connectivity index (χ0n) is 25.5. The van der Waals surface area contributed by atoms with Gasteiger partial charge >= 0.3 is 0 Å². The van der Waals surface area contributed by atoms with E-state index in [0.29, 0.717) is 0 Å². The zero-order chi connectivity index (χ0) is 27.4. The van der Waals surface area contributed by atoms with Crippen molar-refractivity contribution in [2.24, 2.45) is 10.4 Å². The molecule has 1 saturated heterocycles. The summed E-state index contributed by atoms with van der Waals surface area (Å²) in [5.74, 6) is 0.933. The Morgan fingerprint density at radius 2 is 1.33 bits per heavy atom. The molecule has 0 saturated carbocycles. The third kappa shape index (κ3) is 7.87. The highest BCUT2D eigenvalue weighted by molar-refractivity contribution is 5.98. The molecule has 2 aromatic rings. The Bertz CT molecular complexity index is 1030. The summed E-state index contributed by atoms with van der Waals surface area (Å²) in [5, 5.41) is 2.40. The van der Waals surface area contributed by atoms with Crippen molar-refractivity contribution in [1.29, 1.82) is 0 Å². The lowest BCUT2D eigenvalue weighted by Crippen LogP contribution is -2.66. The monoisotopic (exact) mass is 532 g/mol. The Morgan fingerprint density at radius 3 is 1.97 bits per heavy atom. The van der Waals surface area contributed by atoms with E-state index in [2.05, 4.69) is 68.3 Å². The number of hydrogen-bond acceptors (Lipinski definition) is 3. The predicted octanol–water partition coefficient (Wildman–Crippen LogP) is 11.0. The highest BCUT2D eigenvalue weighted by atomic mass is 16.5. The van der Waals surface area contributed by atoms with Crippen LogP contribution < -0.4 is 4.74 Å². The summed E-state index contributed by atoms with van der Waals surface area (Å²) < 4.78 is 6.95. The van der Waals surface area contributed by atoms with E-state index in [1.165, 1.54) is 120 Å². The number of piperidine rings is 1. The largest absolute Gasteiger partial charge is 0.464 e. The first-order valence-electron chi connectivity index (χ1n) is 16.6. The van der Waals surface area contributed by atoms with Crippen LogP contribution in [0.4, 0.5) is 5.69 Å². The molecule has 3 heteroatoms. The molecule has 1 atom stereocenters. The molecule has 2 heterocycles. The van der Waals surface area contributed by atoms with Crippen LogP contribution in [0.5, 0.6) is 5.75 Å². The van der Waals surface area contributed by atoms with Crippen molar-refractivity contribution in [3.63, 3.8) is 0 Å². The number of hydrogen-bond donors (Lipinski definition) is 0. The number of nitrogens with zero attached hydrogens (tertiary/aromatic N) is 2. The second kappa shape index (κ2) is 15.2. The standard InChI is InChI=1S/C36H56N2O/c1-4-5-6-7-8-9-10-11-12-13-14-15-16-17-18-21-28-38-29-22-27-35(2,3)36(38)30-37-34-32-24-20-19-23-31(32)25-26-33(34)39-36/h19-20,23-26,30H,4-18,21-22,27-29H2,1-3H3. The third-order valence-corrected chi connectivity index (χ3v) is 9.45. The SMILES string of the molecule is CCCCCCCCCCCCCCCCCCN1CCCC(C)(C)C12C=Nc1c(ccc3ccccc13)O2. The number of unbranched alkanes of at least 4 members (excludes halogenated alkanes) is 15. The number of fused-ring (bicyclic) bond motifs is 3. The van der Waals surface area contributed by atoms with Gasteiger partial charge in [-0.1, -0.05) is 147 Å². The van der Waals surface area contributed by atoms with Crippen LogP contribution in [0, 0.1) is 5.41 Å². The van der Waals surface area contributed by atoms with Gasteiger partial charge in [-0.2, -0.15) is 0 Å². The summed E-state index contributed by atoms with van der Waals surface area (Å²) in [6.07, 6.45) is 27.1. The fraction of sp³-hybridized carbons (Fsp3) is 0.694. The van der Waals surface area contributed by atoms with Gasteiger partial charge in [0.25, 0.3) is 0 Å². The molecule has 2 aromatic carbocycles. The second-order valence-corrected chi connectivity index (χ2v) is 13.0. The first-order valence-corrected chi connectivity index (χ1v) is 16.6. The minimum absolute atomic E-state index is 0.0210. The molecule has 39 heavy (non-hydrogen) atoms. The minimum Gasteiger partial charge on any atom is -0.464 e. The van der Waals surface area contributed by atoms with Gasteiger partial charge in [-0.3, -0.25) is 9.89 Å². The van der Waals surface area contributed by atoms with Crippen LogP contribution in [0.15, 0.2) is 41.4 Å². The molecule has 0 amide bonds. The molecule has 0 aromatic heterocycles. The van der Waals surface area contributed by atoms with Gasteiger partial charge in [0.2, 0.25) is 5.72 Å². The molecule has 1 unspecified atom stereocenters. The van der Waals surface area contributed by atoms with Gasteiger partial charge < -0.3 is 4.74 Å². The molecule has 216 valence electrons. The smallest absolute Gasteiger partial charge is 0.204 e. The fourth-order valence-corrected chi connectivity index (χ4v) is 6.87. The molecular weight excluding hydrogens is 476 g/mol. The topological polar surface area (TPSA) is 24.8 Å². The lowest BCUT2D eigenvalue weighted by Gasteiger charge is -2.55. The summed E-state index contributed by atoms with van der Waals surface area (Å²) in [7, 11) is 0. The zero-order valence-corrected chi connectivity index (χ0v) is 25.5. The van der Waals surface area contributed by atoms with E-state index in [4.69, 9.17) is 9.73 Å². The number of rotatable bonds is 17. The second-order valence-electron chi connectivity index (χ2n) is 13.0. The van der Waals surface area contributed by atoms with Crippen LogP contribution in [0.25, 0.3) is 10.8 Å². The summed E-state index contributed by atoms with van der Waals surface area (Å²) in [6, 6.07) is 12.8. The van der Waals surface area contributed by atoms with Crippen LogP contribution >= 0.6 is 0 Å². The molecule has 2 aliphatic rings. The number of likely N-dealkylation sites (tertiary alicyclic amines) is 1. The van der Waals surface area contributed by atoms with E-state index in [0.717, 1.165) is 30.9 Å². The fourth-order valence-electron chi connectivity index (χ4n) is 6.87. The van der Waals surface area contributed by atoms with Crippen molar-refractivity contribution in [3.05, 3.63) is 36.4 Å². The summed E-state index contributed by atoms with van der Waals surface area (Å²) in [6.45, 7) is 9.22. The van der Waals surface area contributed by atoms with Crippen molar-refractivity contribution < 1.29 is 4.74 Å². The van der Waals surface area contributed by atoms with Crippen molar-refractivity contribution >= 4 is 22.7 Å². The number of benzene rings is 2. The molecule has 2 aliphatic heterocycles. The van der Waals surface area contributed by atoms with Crippen LogP contribution in [0.3, 0.4) is 0 Å². The molecule has 0 aliphatic carbocycles. The number of ether oxygens (including phenoxy) is 1. The van der Waals surface area contributed by atoms with Gasteiger partial charge in [-0.25, -0.2) is 0 Å². The summed E-state index contributed by atoms with van der Waals surface area (Å²) in [4.78, 5) is 7.68. The summed E-state index contributed by atoms with van der Waals surface area (Å²) in [5.41, 5.74) is 0.561. The Kier molecular flexibility index (Phi) is 11.7. The van der Waals surface area contributed by atoms with Crippen molar-refractivity contribution in [2.45, 2.75) is 142 Å². The van der Waals surface area contributed by atoms with E-state index < -0.39 is 5.72 Å². The molecule has 1 fully saturated rings.